The van der Waals surface area contributed by atoms with Gasteiger partial charge in [0.05, 0.1) is 26.1 Å². The van der Waals surface area contributed by atoms with Crippen LogP contribution in [0.5, 0.6) is 0 Å². The Morgan fingerprint density at radius 1 is 0.538 bits per heavy atom. The van der Waals surface area contributed by atoms with Crippen LogP contribution in [0.2, 0.25) is 0 Å². The Labute approximate surface area is 302 Å². The van der Waals surface area contributed by atoms with Crippen molar-refractivity contribution in [1.29, 1.82) is 0 Å². The number of hydrazine groups is 2. The van der Waals surface area contributed by atoms with Crippen LogP contribution in [0.4, 0.5) is 9.59 Å². The highest BCUT2D eigenvalue weighted by molar-refractivity contribution is 5.99. The van der Waals surface area contributed by atoms with E-state index in [0.29, 0.717) is 0 Å². The molecule has 2 atom stereocenters. The van der Waals surface area contributed by atoms with E-state index in [9.17, 15) is 38.4 Å². The summed E-state index contributed by atoms with van der Waals surface area (Å²) in [5, 5.41) is 2.11. The van der Waals surface area contributed by atoms with E-state index < -0.39 is 84.6 Å². The number of hydrogen-bond donors (Lipinski definition) is 2. The van der Waals surface area contributed by atoms with Gasteiger partial charge < -0.3 is 18.9 Å². The van der Waals surface area contributed by atoms with Gasteiger partial charge in [0.2, 0.25) is 11.8 Å². The molecule has 0 aliphatic heterocycles. The van der Waals surface area contributed by atoms with Crippen molar-refractivity contribution >= 4 is 47.5 Å². The molecule has 0 spiro atoms. The summed E-state index contributed by atoms with van der Waals surface area (Å²) >= 11 is 0. The number of benzene rings is 2. The molecule has 2 N–H and O–H groups in total. The molecule has 0 aliphatic rings. The third-order valence-electron chi connectivity index (χ3n) is 7.57. The molecule has 0 saturated heterocycles. The molecule has 2 aromatic rings. The zero-order valence-electron chi connectivity index (χ0n) is 30.6. The SMILES string of the molecule is COC(=O)NN(C(=O)CC(C)C(=O)OCC(=O)c1ccc(-c2ccc(C(=O)COC(=O)[C@H](C)CC(=O)N(NC(=O)OC)C(C)C)cc2)cc1)C(C)C. The van der Waals surface area contributed by atoms with E-state index in [1.54, 1.807) is 76.2 Å². The third-order valence-corrected chi connectivity index (χ3v) is 7.57. The smallest absolute Gasteiger partial charge is 0.425 e. The fourth-order valence-electron chi connectivity index (χ4n) is 4.56. The molecule has 0 saturated carbocycles. The number of methoxy groups -OCH3 is 2. The number of hydrogen-bond acceptors (Lipinski definition) is 12. The number of ketones is 2. The van der Waals surface area contributed by atoms with Crippen LogP contribution in [0.3, 0.4) is 0 Å². The van der Waals surface area contributed by atoms with Gasteiger partial charge in [0.25, 0.3) is 0 Å². The lowest BCUT2D eigenvalue weighted by Crippen LogP contribution is -2.50. The second-order valence-corrected chi connectivity index (χ2v) is 12.3. The van der Waals surface area contributed by atoms with Crippen LogP contribution >= 0.6 is 0 Å². The van der Waals surface area contributed by atoms with Gasteiger partial charge in [0.1, 0.15) is 0 Å². The number of ether oxygens (including phenoxy) is 4. The van der Waals surface area contributed by atoms with Crippen molar-refractivity contribution in [3.63, 3.8) is 0 Å². The van der Waals surface area contributed by atoms with Gasteiger partial charge >= 0.3 is 24.1 Å². The van der Waals surface area contributed by atoms with E-state index in [1.807, 2.05) is 0 Å². The Morgan fingerprint density at radius 3 is 1.12 bits per heavy atom. The normalized spacial score (nSPS) is 11.8. The summed E-state index contributed by atoms with van der Waals surface area (Å²) in [4.78, 5) is 98.6. The van der Waals surface area contributed by atoms with Crippen molar-refractivity contribution in [2.75, 3.05) is 27.4 Å². The lowest BCUT2D eigenvalue weighted by molar-refractivity contribution is -0.151. The van der Waals surface area contributed by atoms with Gasteiger partial charge in [0.15, 0.2) is 24.8 Å². The molecule has 282 valence electrons. The summed E-state index contributed by atoms with van der Waals surface area (Å²) in [6, 6.07) is 12.2. The monoisotopic (exact) mass is 726 g/mol. The fraction of sp³-hybridized carbons (Fsp3) is 0.444. The van der Waals surface area contributed by atoms with Crippen LogP contribution in [-0.4, -0.2) is 97.0 Å². The van der Waals surface area contributed by atoms with Crippen molar-refractivity contribution in [3.05, 3.63) is 59.7 Å². The van der Waals surface area contributed by atoms with Gasteiger partial charge in [0, 0.05) is 36.1 Å². The van der Waals surface area contributed by atoms with E-state index in [-0.39, 0.29) is 24.0 Å². The minimum atomic E-state index is -0.885. The number of carbonyl (C=O) groups excluding carboxylic acids is 8. The minimum Gasteiger partial charge on any atom is -0.457 e. The molecular weight excluding hydrogens is 680 g/mol. The van der Waals surface area contributed by atoms with Crippen LogP contribution in [-0.2, 0) is 38.1 Å². The lowest BCUT2D eigenvalue weighted by atomic mass is 10.0. The highest BCUT2D eigenvalue weighted by Crippen LogP contribution is 2.21. The zero-order valence-corrected chi connectivity index (χ0v) is 30.6. The standard InChI is InChI=1S/C36H46N4O12/c1-21(2)39(37-35(47)49-7)31(43)17-23(5)33(45)51-19-29(41)27-13-9-25(10-14-27)26-11-15-28(16-12-26)30(42)20-52-34(46)24(6)18-32(44)40(22(3)4)38-36(48)50-8/h9-16,21-24H,17-20H2,1-8H3,(H,37,47)(H,38,48)/t23-,24?/m1/s1. The van der Waals surface area contributed by atoms with E-state index in [4.69, 9.17) is 9.47 Å². The Morgan fingerprint density at radius 2 is 0.846 bits per heavy atom. The molecule has 16 nitrogen and oxygen atoms in total. The average Bonchev–Trinajstić information content (AvgIpc) is 3.12. The Bertz CT molecular complexity index is 1490. The summed E-state index contributed by atoms with van der Waals surface area (Å²) in [6.45, 7) is 8.57. The van der Waals surface area contributed by atoms with Crippen LogP contribution in [0.25, 0.3) is 11.1 Å². The molecule has 2 aromatic carbocycles. The van der Waals surface area contributed by atoms with E-state index in [1.165, 1.54) is 13.8 Å². The summed E-state index contributed by atoms with van der Waals surface area (Å²) in [5.74, 6) is -5.26. The maximum atomic E-state index is 12.7. The molecule has 16 heteroatoms. The molecule has 4 amide bonds. The number of rotatable bonds is 15. The van der Waals surface area contributed by atoms with E-state index in [2.05, 4.69) is 20.3 Å². The van der Waals surface area contributed by atoms with Crippen LogP contribution < -0.4 is 10.9 Å². The maximum Gasteiger partial charge on any atom is 0.425 e. The molecule has 0 aliphatic carbocycles. The zero-order chi connectivity index (χ0) is 39.1. The summed E-state index contributed by atoms with van der Waals surface area (Å²) in [6.07, 6.45) is -2.19. The van der Waals surface area contributed by atoms with Crippen molar-refractivity contribution in [2.45, 2.75) is 66.5 Å². The first-order valence-electron chi connectivity index (χ1n) is 16.4. The first kappa shape index (κ1) is 42.4. The largest absolute Gasteiger partial charge is 0.457 e. The highest BCUT2D eigenvalue weighted by atomic mass is 16.6. The Kier molecular flexibility index (Phi) is 16.4. The Balaban J connectivity index is 1.89. The van der Waals surface area contributed by atoms with Gasteiger partial charge in [-0.25, -0.2) is 30.5 Å². The number of nitrogens with zero attached hydrogens (tertiary/aromatic N) is 2. The molecule has 52 heavy (non-hydrogen) atoms. The molecule has 0 fully saturated rings. The number of esters is 2. The number of amides is 4. The maximum absolute atomic E-state index is 12.7. The van der Waals surface area contributed by atoms with Crippen LogP contribution in [0.15, 0.2) is 48.5 Å². The van der Waals surface area contributed by atoms with Gasteiger partial charge in [-0.15, -0.1) is 0 Å². The second-order valence-electron chi connectivity index (χ2n) is 12.3. The van der Waals surface area contributed by atoms with Crippen LogP contribution in [0.1, 0.15) is 75.1 Å². The lowest BCUT2D eigenvalue weighted by Gasteiger charge is -2.27. The summed E-state index contributed by atoms with van der Waals surface area (Å²) in [5.41, 5.74) is 6.63. The van der Waals surface area contributed by atoms with Gasteiger partial charge in [-0.05, 0) is 38.8 Å². The Hall–Kier alpha value is -5.80. The number of nitrogens with one attached hydrogen (secondary N) is 2. The first-order valence-corrected chi connectivity index (χ1v) is 16.4. The predicted octanol–water partition coefficient (Wildman–Crippen LogP) is 3.87. The van der Waals surface area contributed by atoms with E-state index >= 15 is 0 Å². The molecule has 0 heterocycles. The number of Topliss-reactive ketones (excluding diaryl/α,β-unsaturated/α-hetero) is 2. The molecule has 1 unspecified atom stereocenters. The van der Waals surface area contributed by atoms with Crippen molar-refractivity contribution in [2.24, 2.45) is 11.8 Å². The topological polar surface area (TPSA) is 204 Å². The molecular formula is C36H46N4O12. The third kappa shape index (κ3) is 12.8. The molecule has 0 aromatic heterocycles. The van der Waals surface area contributed by atoms with Crippen molar-refractivity contribution in [3.8, 4) is 11.1 Å². The second kappa shape index (κ2) is 20.1. The molecule has 2 rings (SSSR count). The minimum absolute atomic E-state index is 0.267. The summed E-state index contributed by atoms with van der Waals surface area (Å²) < 4.78 is 19.3. The van der Waals surface area contributed by atoms with Gasteiger partial charge in [-0.2, -0.15) is 0 Å². The van der Waals surface area contributed by atoms with E-state index in [0.717, 1.165) is 35.4 Å². The quantitative estimate of drug-likeness (QED) is 0.116. The van der Waals surface area contributed by atoms with Crippen molar-refractivity contribution < 1.29 is 57.3 Å². The predicted molar refractivity (Wildman–Crippen MR) is 185 cm³/mol. The number of carbonyl (C=O) groups is 8. The molecule has 0 bridgehead atoms. The first-order chi connectivity index (χ1) is 24.5. The van der Waals surface area contributed by atoms with Crippen LogP contribution in [0, 0.1) is 11.8 Å². The van der Waals surface area contributed by atoms with Gasteiger partial charge in [-0.3, -0.25) is 28.8 Å². The van der Waals surface area contributed by atoms with Gasteiger partial charge in [-0.1, -0.05) is 62.4 Å². The van der Waals surface area contributed by atoms with Crippen molar-refractivity contribution in [1.82, 2.24) is 20.9 Å². The average molecular weight is 727 g/mol. The fourth-order valence-corrected chi connectivity index (χ4v) is 4.56. The highest BCUT2D eigenvalue weighted by Gasteiger charge is 2.27. The summed E-state index contributed by atoms with van der Waals surface area (Å²) in [7, 11) is 2.31. The molecule has 0 radical (unpaired) electrons.